The third-order valence-electron chi connectivity index (χ3n) is 2.12. The number of hydrogen-bond donors (Lipinski definition) is 2. The van der Waals surface area contributed by atoms with Crippen molar-refractivity contribution in [2.24, 2.45) is 5.84 Å². The van der Waals surface area contributed by atoms with Crippen LogP contribution in [-0.2, 0) is 6.42 Å². The molecule has 86 valence electrons. The van der Waals surface area contributed by atoms with Crippen molar-refractivity contribution in [2.75, 3.05) is 0 Å². The molecule has 0 radical (unpaired) electrons. The molecule has 0 bridgehead atoms. The van der Waals surface area contributed by atoms with Crippen molar-refractivity contribution in [3.8, 4) is 0 Å². The number of thiazole rings is 1. The summed E-state index contributed by atoms with van der Waals surface area (Å²) in [6, 6.07) is 1.79. The molecule has 1 unspecified atom stereocenters. The molecule has 1 atom stereocenters. The summed E-state index contributed by atoms with van der Waals surface area (Å²) in [6.07, 6.45) is 2.48. The number of thiophene rings is 1. The highest BCUT2D eigenvalue weighted by atomic mass is 35.5. The van der Waals surface area contributed by atoms with Crippen LogP contribution in [-0.4, -0.2) is 4.98 Å². The molecule has 2 aromatic rings. The summed E-state index contributed by atoms with van der Waals surface area (Å²) < 4.78 is 1.34. The lowest BCUT2D eigenvalue weighted by molar-refractivity contribution is 0.552. The average Bonchev–Trinajstić information content (AvgIpc) is 2.85. The van der Waals surface area contributed by atoms with Crippen LogP contribution in [0.4, 0.5) is 0 Å². The zero-order valence-electron chi connectivity index (χ0n) is 8.11. The predicted octanol–water partition coefficient (Wildman–Crippen LogP) is 3.26. The third kappa shape index (κ3) is 2.74. The highest BCUT2D eigenvalue weighted by molar-refractivity contribution is 7.20. The predicted molar refractivity (Wildman–Crippen MR) is 70.2 cm³/mol. The van der Waals surface area contributed by atoms with Crippen molar-refractivity contribution in [1.29, 1.82) is 0 Å². The molecule has 0 saturated carbocycles. The van der Waals surface area contributed by atoms with E-state index in [2.05, 4.69) is 10.4 Å². The number of nitrogens with zero attached hydrogens (tertiary/aromatic N) is 1. The molecule has 0 aromatic carbocycles. The first kappa shape index (κ1) is 12.3. The van der Waals surface area contributed by atoms with Crippen molar-refractivity contribution < 1.29 is 0 Å². The van der Waals surface area contributed by atoms with Gasteiger partial charge in [-0.15, -0.1) is 22.7 Å². The summed E-state index contributed by atoms with van der Waals surface area (Å²) >= 11 is 14.9. The Hall–Kier alpha value is -0.170. The van der Waals surface area contributed by atoms with Crippen LogP contribution < -0.4 is 11.3 Å². The molecule has 3 N–H and O–H groups in total. The Morgan fingerprint density at radius 2 is 2.31 bits per heavy atom. The van der Waals surface area contributed by atoms with Crippen molar-refractivity contribution in [1.82, 2.24) is 10.4 Å². The van der Waals surface area contributed by atoms with Gasteiger partial charge in [0.2, 0.25) is 0 Å². The van der Waals surface area contributed by atoms with E-state index in [4.69, 9.17) is 29.0 Å². The highest BCUT2D eigenvalue weighted by Gasteiger charge is 2.17. The maximum atomic E-state index is 6.08. The first-order valence-corrected chi connectivity index (χ1v) is 6.95. The Morgan fingerprint density at radius 1 is 1.50 bits per heavy atom. The van der Waals surface area contributed by atoms with E-state index in [1.165, 1.54) is 11.3 Å². The molecule has 7 heteroatoms. The number of rotatable bonds is 4. The Bertz CT molecular complexity index is 455. The second-order valence-corrected chi connectivity index (χ2v) is 6.39. The molecule has 2 heterocycles. The zero-order valence-corrected chi connectivity index (χ0v) is 11.3. The van der Waals surface area contributed by atoms with Gasteiger partial charge in [0.15, 0.2) is 0 Å². The van der Waals surface area contributed by atoms with Gasteiger partial charge in [-0.3, -0.25) is 11.3 Å². The molecule has 0 aliphatic carbocycles. The van der Waals surface area contributed by atoms with Crippen LogP contribution in [0.25, 0.3) is 0 Å². The third-order valence-corrected chi connectivity index (χ3v) is 4.44. The van der Waals surface area contributed by atoms with Gasteiger partial charge in [-0.05, 0) is 6.07 Å². The van der Waals surface area contributed by atoms with Crippen molar-refractivity contribution >= 4 is 45.9 Å². The molecule has 3 nitrogen and oxygen atoms in total. The molecular formula is C9H9Cl2N3S2. The van der Waals surface area contributed by atoms with Gasteiger partial charge in [0, 0.05) is 23.6 Å². The number of aromatic nitrogens is 1. The Morgan fingerprint density at radius 3 is 2.81 bits per heavy atom. The number of hydrazine groups is 1. The molecule has 0 spiro atoms. The molecule has 0 aliphatic heterocycles. The lowest BCUT2D eigenvalue weighted by Crippen LogP contribution is -2.29. The van der Waals surface area contributed by atoms with Gasteiger partial charge >= 0.3 is 0 Å². The summed E-state index contributed by atoms with van der Waals surface area (Å²) in [5.41, 5.74) is 3.67. The van der Waals surface area contributed by atoms with Crippen molar-refractivity contribution in [3.05, 3.63) is 36.9 Å². The lowest BCUT2D eigenvalue weighted by Gasteiger charge is -2.13. The van der Waals surface area contributed by atoms with E-state index >= 15 is 0 Å². The lowest BCUT2D eigenvalue weighted by atomic mass is 10.1. The maximum absolute atomic E-state index is 6.08. The van der Waals surface area contributed by atoms with Crippen LogP contribution in [0.5, 0.6) is 0 Å². The Kier molecular flexibility index (Phi) is 4.18. The van der Waals surface area contributed by atoms with E-state index in [1.54, 1.807) is 17.5 Å². The minimum atomic E-state index is -0.0533. The molecular weight excluding hydrogens is 285 g/mol. The van der Waals surface area contributed by atoms with Crippen LogP contribution >= 0.6 is 45.9 Å². The molecule has 0 saturated heterocycles. The summed E-state index contributed by atoms with van der Waals surface area (Å²) in [4.78, 5) is 4.22. The SMILES string of the molecule is NNC(Cc1nccs1)c1cc(Cl)sc1Cl. The Balaban J connectivity index is 2.19. The van der Waals surface area contributed by atoms with Gasteiger partial charge in [0.1, 0.15) is 0 Å². The van der Waals surface area contributed by atoms with E-state index in [1.807, 2.05) is 11.4 Å². The number of halogens is 2. The van der Waals surface area contributed by atoms with Crippen molar-refractivity contribution in [2.45, 2.75) is 12.5 Å². The second-order valence-electron chi connectivity index (χ2n) is 3.13. The van der Waals surface area contributed by atoms with Gasteiger partial charge in [-0.1, -0.05) is 23.2 Å². The molecule has 2 rings (SSSR count). The van der Waals surface area contributed by atoms with Gasteiger partial charge in [0.25, 0.3) is 0 Å². The van der Waals surface area contributed by atoms with Crippen LogP contribution in [0.3, 0.4) is 0 Å². The quantitative estimate of drug-likeness (QED) is 0.672. The summed E-state index contributed by atoms with van der Waals surface area (Å²) in [6.45, 7) is 0. The van der Waals surface area contributed by atoms with Gasteiger partial charge in [-0.2, -0.15) is 0 Å². The minimum absolute atomic E-state index is 0.0533. The van der Waals surface area contributed by atoms with Crippen LogP contribution in [0.2, 0.25) is 8.67 Å². The maximum Gasteiger partial charge on any atom is 0.0992 e. The molecule has 0 fully saturated rings. The first-order chi connectivity index (χ1) is 7.70. The molecule has 2 aromatic heterocycles. The number of nitrogens with one attached hydrogen (secondary N) is 1. The molecule has 0 amide bonds. The van der Waals surface area contributed by atoms with Crippen LogP contribution in [0.15, 0.2) is 17.6 Å². The zero-order chi connectivity index (χ0) is 11.5. The molecule has 0 aliphatic rings. The van der Waals surface area contributed by atoms with Crippen LogP contribution in [0, 0.1) is 0 Å². The average molecular weight is 294 g/mol. The van der Waals surface area contributed by atoms with Crippen LogP contribution in [0.1, 0.15) is 16.6 Å². The topological polar surface area (TPSA) is 50.9 Å². The van der Waals surface area contributed by atoms with Gasteiger partial charge < -0.3 is 0 Å². The standard InChI is InChI=1S/C9H9Cl2N3S2/c10-7-3-5(9(11)16-7)6(14-12)4-8-13-1-2-15-8/h1-3,6,14H,4,12H2. The summed E-state index contributed by atoms with van der Waals surface area (Å²) in [7, 11) is 0. The van der Waals surface area contributed by atoms with E-state index in [0.29, 0.717) is 15.1 Å². The Labute approximate surface area is 111 Å². The largest absolute Gasteiger partial charge is 0.271 e. The van der Waals surface area contributed by atoms with Gasteiger partial charge in [-0.25, -0.2) is 4.98 Å². The fraction of sp³-hybridized carbons (Fsp3) is 0.222. The van der Waals surface area contributed by atoms with Gasteiger partial charge in [0.05, 0.1) is 19.7 Å². The summed E-state index contributed by atoms with van der Waals surface area (Å²) in [5.74, 6) is 5.53. The van der Waals surface area contributed by atoms with E-state index in [9.17, 15) is 0 Å². The second kappa shape index (κ2) is 5.44. The minimum Gasteiger partial charge on any atom is -0.271 e. The van der Waals surface area contributed by atoms with E-state index in [-0.39, 0.29) is 6.04 Å². The summed E-state index contributed by atoms with van der Waals surface area (Å²) in [5, 5.41) is 2.95. The van der Waals surface area contributed by atoms with E-state index in [0.717, 1.165) is 10.6 Å². The smallest absolute Gasteiger partial charge is 0.0992 e. The normalized spacial score (nSPS) is 12.9. The fourth-order valence-electron chi connectivity index (χ4n) is 1.38. The van der Waals surface area contributed by atoms with E-state index < -0.39 is 0 Å². The monoisotopic (exact) mass is 293 g/mol. The van der Waals surface area contributed by atoms with Crippen molar-refractivity contribution in [3.63, 3.8) is 0 Å². The fourth-order valence-corrected chi connectivity index (χ4v) is 3.62. The first-order valence-electron chi connectivity index (χ1n) is 4.50. The number of nitrogens with two attached hydrogens (primary N) is 1. The highest BCUT2D eigenvalue weighted by Crippen LogP contribution is 2.35. The molecule has 16 heavy (non-hydrogen) atoms. The number of hydrogen-bond acceptors (Lipinski definition) is 5.